The van der Waals surface area contributed by atoms with E-state index >= 15 is 0 Å². The largest absolute Gasteiger partial charge is 0.415 e. The van der Waals surface area contributed by atoms with Gasteiger partial charge in [-0.05, 0) is 42.9 Å². The number of hydrogen-bond donors (Lipinski definition) is 0. The average molecular weight is 395 g/mol. The van der Waals surface area contributed by atoms with Gasteiger partial charge in [0.2, 0.25) is 5.89 Å². The Labute approximate surface area is 170 Å². The molecule has 1 atom stereocenters. The summed E-state index contributed by atoms with van der Waals surface area (Å²) in [7, 11) is 0. The first-order chi connectivity index (χ1) is 13.4. The van der Waals surface area contributed by atoms with Crippen LogP contribution in [-0.4, -0.2) is 21.7 Å². The highest BCUT2D eigenvalue weighted by Gasteiger charge is 2.18. The Morgan fingerprint density at radius 2 is 1.75 bits per heavy atom. The van der Waals surface area contributed by atoms with Crippen molar-refractivity contribution in [3.8, 4) is 0 Å². The lowest BCUT2D eigenvalue weighted by Gasteiger charge is -2.09. The molecule has 0 bridgehead atoms. The highest BCUT2D eigenvalue weighted by molar-refractivity contribution is 7.99. The van der Waals surface area contributed by atoms with E-state index in [1.54, 1.807) is 0 Å². The van der Waals surface area contributed by atoms with Crippen molar-refractivity contribution in [3.05, 3.63) is 76.7 Å². The van der Waals surface area contributed by atoms with E-state index in [0.29, 0.717) is 17.0 Å². The van der Waals surface area contributed by atoms with E-state index in [9.17, 15) is 4.79 Å². The molecule has 0 saturated heterocycles. The number of benzene rings is 2. The first-order valence-corrected chi connectivity index (χ1v) is 10.6. The Kier molecular flexibility index (Phi) is 6.68. The first kappa shape index (κ1) is 20.3. The van der Waals surface area contributed by atoms with Crippen LogP contribution in [0.3, 0.4) is 0 Å². The van der Waals surface area contributed by atoms with Gasteiger partial charge in [0.25, 0.3) is 5.22 Å². The van der Waals surface area contributed by atoms with Crippen molar-refractivity contribution in [2.45, 2.75) is 45.3 Å². The summed E-state index contributed by atoms with van der Waals surface area (Å²) in [5, 5.41) is 8.72. The van der Waals surface area contributed by atoms with Gasteiger partial charge in [0.05, 0.1) is 11.7 Å². The Morgan fingerprint density at radius 3 is 2.43 bits per heavy atom. The van der Waals surface area contributed by atoms with Crippen LogP contribution in [-0.2, 0) is 6.42 Å². The minimum atomic E-state index is 0.0158. The summed E-state index contributed by atoms with van der Waals surface area (Å²) in [5.41, 5.74) is 4.20. The maximum Gasteiger partial charge on any atom is 0.277 e. The second-order valence-corrected chi connectivity index (χ2v) is 8.42. The second kappa shape index (κ2) is 9.20. The van der Waals surface area contributed by atoms with Gasteiger partial charge in [-0.15, -0.1) is 10.2 Å². The number of hydrogen-bond acceptors (Lipinski definition) is 5. The fourth-order valence-corrected chi connectivity index (χ4v) is 3.75. The van der Waals surface area contributed by atoms with Gasteiger partial charge >= 0.3 is 0 Å². The van der Waals surface area contributed by atoms with Crippen molar-refractivity contribution in [1.82, 2.24) is 10.2 Å². The summed E-state index contributed by atoms with van der Waals surface area (Å²) in [6, 6.07) is 16.2. The Hall–Kier alpha value is -2.40. The molecular weight excluding hydrogens is 368 g/mol. The van der Waals surface area contributed by atoms with E-state index in [1.807, 2.05) is 31.2 Å². The van der Waals surface area contributed by atoms with Crippen molar-refractivity contribution in [2.24, 2.45) is 5.92 Å². The zero-order valence-electron chi connectivity index (χ0n) is 16.8. The minimum Gasteiger partial charge on any atom is -0.415 e. The molecule has 0 amide bonds. The molecule has 1 heterocycles. The monoisotopic (exact) mass is 394 g/mol. The molecule has 0 N–H and O–H groups in total. The molecule has 5 heteroatoms. The molecule has 0 aliphatic rings. The normalized spacial score (nSPS) is 12.3. The number of nitrogens with zero attached hydrogens (tertiary/aromatic N) is 2. The third-order valence-electron chi connectivity index (χ3n) is 4.69. The molecule has 0 radical (unpaired) electrons. The minimum absolute atomic E-state index is 0.0158. The molecule has 1 unspecified atom stereocenters. The summed E-state index contributed by atoms with van der Waals surface area (Å²) in [6.45, 7) is 8.44. The maximum atomic E-state index is 12.4. The van der Waals surface area contributed by atoms with Crippen molar-refractivity contribution in [3.63, 3.8) is 0 Å². The van der Waals surface area contributed by atoms with Gasteiger partial charge in [-0.1, -0.05) is 74.1 Å². The SMILES string of the molecule is Cc1ccccc1C(=O)CSc1nnc(C(C)c2ccc(CC(C)C)cc2)o1. The number of carbonyl (C=O) groups excluding carboxylic acids is 1. The van der Waals surface area contributed by atoms with Gasteiger partial charge in [0.15, 0.2) is 5.78 Å². The van der Waals surface area contributed by atoms with Gasteiger partial charge in [-0.3, -0.25) is 4.79 Å². The number of carbonyl (C=O) groups is 1. The molecule has 0 aliphatic carbocycles. The molecule has 1 aromatic heterocycles. The van der Waals surface area contributed by atoms with Crippen molar-refractivity contribution >= 4 is 17.5 Å². The molecule has 0 aliphatic heterocycles. The number of rotatable bonds is 8. The van der Waals surface area contributed by atoms with E-state index in [4.69, 9.17) is 4.42 Å². The molecule has 0 spiro atoms. The lowest BCUT2D eigenvalue weighted by atomic mass is 9.97. The Morgan fingerprint density at radius 1 is 1.04 bits per heavy atom. The number of Topliss-reactive ketones (excluding diaryl/α,β-unsaturated/α-hetero) is 1. The lowest BCUT2D eigenvalue weighted by Crippen LogP contribution is -2.04. The quantitative estimate of drug-likeness (QED) is 0.362. The molecule has 4 nitrogen and oxygen atoms in total. The molecule has 3 aromatic rings. The Bertz CT molecular complexity index is 932. The van der Waals surface area contributed by atoms with E-state index in [0.717, 1.165) is 23.1 Å². The predicted octanol–water partition coefficient (Wildman–Crippen LogP) is 5.70. The molecule has 2 aromatic carbocycles. The van der Waals surface area contributed by atoms with Crippen LogP contribution < -0.4 is 0 Å². The van der Waals surface area contributed by atoms with Gasteiger partial charge in [0.1, 0.15) is 0 Å². The fraction of sp³-hybridized carbons (Fsp3) is 0.348. The number of thioether (sulfide) groups is 1. The molecule has 3 rings (SSSR count). The summed E-state index contributed by atoms with van der Waals surface area (Å²) in [6.07, 6.45) is 1.07. The van der Waals surface area contributed by atoms with Crippen molar-refractivity contribution in [2.75, 3.05) is 5.75 Å². The molecule has 146 valence electrons. The number of aryl methyl sites for hydroxylation is 1. The van der Waals surface area contributed by atoms with E-state index in [2.05, 4.69) is 55.2 Å². The van der Waals surface area contributed by atoms with Crippen LogP contribution in [0.15, 0.2) is 58.2 Å². The van der Waals surface area contributed by atoms with Gasteiger partial charge in [-0.25, -0.2) is 0 Å². The first-order valence-electron chi connectivity index (χ1n) is 9.58. The zero-order valence-corrected chi connectivity index (χ0v) is 17.6. The maximum absolute atomic E-state index is 12.4. The molecule has 28 heavy (non-hydrogen) atoms. The smallest absolute Gasteiger partial charge is 0.277 e. The van der Waals surface area contributed by atoms with Crippen LogP contribution in [0.4, 0.5) is 0 Å². The van der Waals surface area contributed by atoms with Crippen molar-refractivity contribution < 1.29 is 9.21 Å². The lowest BCUT2D eigenvalue weighted by molar-refractivity contribution is 0.102. The zero-order chi connectivity index (χ0) is 20.1. The molecule has 0 fully saturated rings. The number of aromatic nitrogens is 2. The van der Waals surface area contributed by atoms with Gasteiger partial charge < -0.3 is 4.42 Å². The van der Waals surface area contributed by atoms with Crippen LogP contribution >= 0.6 is 11.8 Å². The van der Waals surface area contributed by atoms with Gasteiger partial charge in [0, 0.05) is 5.56 Å². The summed E-state index contributed by atoms with van der Waals surface area (Å²) >= 11 is 1.28. The molecule has 0 saturated carbocycles. The van der Waals surface area contributed by atoms with Crippen molar-refractivity contribution in [1.29, 1.82) is 0 Å². The second-order valence-electron chi connectivity index (χ2n) is 7.49. The van der Waals surface area contributed by atoms with E-state index in [-0.39, 0.29) is 17.5 Å². The fourth-order valence-electron chi connectivity index (χ4n) is 3.10. The Balaban J connectivity index is 1.61. The third kappa shape index (κ3) is 5.10. The highest BCUT2D eigenvalue weighted by Crippen LogP contribution is 2.27. The highest BCUT2D eigenvalue weighted by atomic mass is 32.2. The topological polar surface area (TPSA) is 56.0 Å². The standard InChI is InChI=1S/C23H26N2O2S/c1-15(2)13-18-9-11-19(12-10-18)17(4)22-24-25-23(27-22)28-14-21(26)20-8-6-5-7-16(20)3/h5-12,15,17H,13-14H2,1-4H3. The number of ketones is 1. The van der Waals surface area contributed by atoms with Crippen LogP contribution in [0.5, 0.6) is 0 Å². The third-order valence-corrected chi connectivity index (χ3v) is 5.51. The summed E-state index contributed by atoms with van der Waals surface area (Å²) in [4.78, 5) is 12.4. The van der Waals surface area contributed by atoms with E-state index in [1.165, 1.54) is 17.3 Å². The van der Waals surface area contributed by atoms with E-state index < -0.39 is 0 Å². The van der Waals surface area contributed by atoms with Crippen LogP contribution in [0, 0.1) is 12.8 Å². The summed E-state index contributed by atoms with van der Waals surface area (Å²) < 4.78 is 5.80. The van der Waals surface area contributed by atoms with Crippen LogP contribution in [0.1, 0.15) is 59.6 Å². The summed E-state index contributed by atoms with van der Waals surface area (Å²) in [5.74, 6) is 1.58. The average Bonchev–Trinajstić information content (AvgIpc) is 3.15. The van der Waals surface area contributed by atoms with Crippen LogP contribution in [0.25, 0.3) is 0 Å². The predicted molar refractivity (Wildman–Crippen MR) is 113 cm³/mol. The van der Waals surface area contributed by atoms with Crippen LogP contribution in [0.2, 0.25) is 0 Å². The molecular formula is C23H26N2O2S. The van der Waals surface area contributed by atoms with Gasteiger partial charge in [-0.2, -0.15) is 0 Å².